The number of hydrogen-bond acceptors (Lipinski definition) is 4. The molecule has 2 aromatic carbocycles. The van der Waals surface area contributed by atoms with E-state index in [4.69, 9.17) is 16.3 Å². The number of amides is 1. The molecule has 0 radical (unpaired) electrons. The Morgan fingerprint density at radius 2 is 2.22 bits per heavy atom. The number of ether oxygens (including phenoxy) is 1. The molecule has 0 aliphatic rings. The van der Waals surface area contributed by atoms with E-state index in [-0.39, 0.29) is 22.4 Å². The van der Waals surface area contributed by atoms with Crippen LogP contribution in [0.2, 0.25) is 5.02 Å². The number of carbonyl (C=O) groups excluding carboxylic acids is 1. The number of benzene rings is 2. The first-order chi connectivity index (χ1) is 11.0. The second kappa shape index (κ2) is 7.99. The van der Waals surface area contributed by atoms with Crippen molar-refractivity contribution in [2.24, 2.45) is 5.10 Å². The maximum absolute atomic E-state index is 11.9. The largest absolute Gasteiger partial charge is 0.503 e. The Morgan fingerprint density at radius 3 is 2.91 bits per heavy atom. The molecule has 7 heteroatoms. The van der Waals surface area contributed by atoms with Gasteiger partial charge in [-0.15, -0.1) is 0 Å². The molecule has 0 aliphatic heterocycles. The molecule has 0 aliphatic carbocycles. The van der Waals surface area contributed by atoms with Gasteiger partial charge in [0.2, 0.25) is 0 Å². The van der Waals surface area contributed by atoms with Crippen LogP contribution in [0.25, 0.3) is 0 Å². The summed E-state index contributed by atoms with van der Waals surface area (Å²) in [4.78, 5) is 11.9. The van der Waals surface area contributed by atoms with Crippen molar-refractivity contribution in [3.05, 3.63) is 57.0 Å². The average Bonchev–Trinajstić information content (AvgIpc) is 2.52. The van der Waals surface area contributed by atoms with Crippen LogP contribution in [-0.2, 0) is 0 Å². The third-order valence-corrected chi connectivity index (χ3v) is 3.60. The van der Waals surface area contributed by atoms with Crippen molar-refractivity contribution in [2.75, 3.05) is 6.61 Å². The number of rotatable bonds is 5. The smallest absolute Gasteiger partial charge is 0.271 e. The highest BCUT2D eigenvalue weighted by atomic mass is 79.9. The van der Waals surface area contributed by atoms with Gasteiger partial charge < -0.3 is 9.84 Å². The maximum atomic E-state index is 11.9. The predicted molar refractivity (Wildman–Crippen MR) is 93.5 cm³/mol. The van der Waals surface area contributed by atoms with Crippen LogP contribution in [0.15, 0.2) is 46.0 Å². The van der Waals surface area contributed by atoms with Crippen LogP contribution in [0.5, 0.6) is 11.5 Å². The summed E-state index contributed by atoms with van der Waals surface area (Å²) in [5.41, 5.74) is 3.49. The van der Waals surface area contributed by atoms with Gasteiger partial charge in [-0.1, -0.05) is 33.6 Å². The van der Waals surface area contributed by atoms with Crippen molar-refractivity contribution in [3.8, 4) is 11.5 Å². The van der Waals surface area contributed by atoms with E-state index in [1.807, 2.05) is 6.07 Å². The molecule has 0 bridgehead atoms. The molecule has 0 saturated heterocycles. The second-order valence-electron chi connectivity index (χ2n) is 4.49. The first kappa shape index (κ1) is 17.3. The molecule has 23 heavy (non-hydrogen) atoms. The number of carbonyl (C=O) groups is 1. The molecular weight excluding hydrogens is 384 g/mol. The molecule has 0 fully saturated rings. The Hall–Kier alpha value is -2.05. The zero-order valence-electron chi connectivity index (χ0n) is 12.2. The van der Waals surface area contributed by atoms with Gasteiger partial charge in [0, 0.05) is 10.0 Å². The highest BCUT2D eigenvalue weighted by Crippen LogP contribution is 2.34. The minimum Gasteiger partial charge on any atom is -0.503 e. The van der Waals surface area contributed by atoms with Gasteiger partial charge in [-0.3, -0.25) is 4.79 Å². The number of nitrogens with zero attached hydrogens (tertiary/aromatic N) is 1. The van der Waals surface area contributed by atoms with Gasteiger partial charge in [0.15, 0.2) is 11.5 Å². The fraction of sp³-hybridized carbons (Fsp3) is 0.125. The molecule has 5 nitrogen and oxygen atoms in total. The lowest BCUT2D eigenvalue weighted by Gasteiger charge is -2.08. The summed E-state index contributed by atoms with van der Waals surface area (Å²) >= 11 is 9.23. The lowest BCUT2D eigenvalue weighted by molar-refractivity contribution is 0.0955. The Bertz CT molecular complexity index is 750. The van der Waals surface area contributed by atoms with E-state index >= 15 is 0 Å². The predicted octanol–water partition coefficient (Wildman–Crippen LogP) is 3.97. The minimum absolute atomic E-state index is 0.121. The molecule has 0 unspecified atom stereocenters. The molecule has 0 heterocycles. The quantitative estimate of drug-likeness (QED) is 0.592. The topological polar surface area (TPSA) is 70.9 Å². The van der Waals surface area contributed by atoms with Crippen molar-refractivity contribution in [1.82, 2.24) is 5.43 Å². The molecule has 0 atom stereocenters. The third kappa shape index (κ3) is 4.71. The Kier molecular flexibility index (Phi) is 6.01. The van der Waals surface area contributed by atoms with Gasteiger partial charge in [0.05, 0.1) is 17.8 Å². The van der Waals surface area contributed by atoms with E-state index in [0.29, 0.717) is 17.7 Å². The van der Waals surface area contributed by atoms with E-state index in [1.54, 1.807) is 31.2 Å². The Morgan fingerprint density at radius 1 is 1.43 bits per heavy atom. The highest BCUT2D eigenvalue weighted by Gasteiger charge is 2.09. The van der Waals surface area contributed by atoms with Gasteiger partial charge >= 0.3 is 0 Å². The summed E-state index contributed by atoms with van der Waals surface area (Å²) in [7, 11) is 0. The lowest BCUT2D eigenvalue weighted by Crippen LogP contribution is -2.17. The van der Waals surface area contributed by atoms with Crippen LogP contribution in [0, 0.1) is 0 Å². The van der Waals surface area contributed by atoms with Gasteiger partial charge in [-0.05, 0) is 42.8 Å². The number of hydrazone groups is 1. The maximum Gasteiger partial charge on any atom is 0.271 e. The van der Waals surface area contributed by atoms with Crippen molar-refractivity contribution in [3.63, 3.8) is 0 Å². The summed E-state index contributed by atoms with van der Waals surface area (Å²) in [6.45, 7) is 2.19. The van der Waals surface area contributed by atoms with E-state index in [0.717, 1.165) is 4.47 Å². The summed E-state index contributed by atoms with van der Waals surface area (Å²) in [5, 5.41) is 13.8. The van der Waals surface area contributed by atoms with Crippen LogP contribution in [0.3, 0.4) is 0 Å². The first-order valence-corrected chi connectivity index (χ1v) is 7.92. The van der Waals surface area contributed by atoms with Crippen LogP contribution in [-0.4, -0.2) is 23.8 Å². The number of hydrogen-bond donors (Lipinski definition) is 2. The summed E-state index contributed by atoms with van der Waals surface area (Å²) in [6.07, 6.45) is 1.42. The standard InChI is InChI=1S/C16H14BrClN2O3/c1-2-23-14-7-10(6-13(18)15(14)21)9-19-20-16(22)11-4-3-5-12(17)8-11/h3-9,21H,2H2,1H3,(H,20,22). The number of phenols is 1. The van der Waals surface area contributed by atoms with Crippen molar-refractivity contribution in [1.29, 1.82) is 0 Å². The molecule has 0 aromatic heterocycles. The zero-order chi connectivity index (χ0) is 16.8. The summed E-state index contributed by atoms with van der Waals surface area (Å²) in [5.74, 6) is -0.193. The van der Waals surface area contributed by atoms with Crippen molar-refractivity contribution < 1.29 is 14.6 Å². The third-order valence-electron chi connectivity index (χ3n) is 2.82. The molecule has 1 amide bonds. The normalized spacial score (nSPS) is 10.7. The molecule has 0 saturated carbocycles. The fourth-order valence-electron chi connectivity index (χ4n) is 1.79. The van der Waals surface area contributed by atoms with E-state index < -0.39 is 0 Å². The SMILES string of the molecule is CCOc1cc(C=NNC(=O)c2cccc(Br)c2)cc(Cl)c1O. The van der Waals surface area contributed by atoms with Gasteiger partial charge in [0.25, 0.3) is 5.91 Å². The van der Waals surface area contributed by atoms with Crippen LogP contribution >= 0.6 is 27.5 Å². The van der Waals surface area contributed by atoms with Crippen LogP contribution in [0.4, 0.5) is 0 Å². The van der Waals surface area contributed by atoms with Gasteiger partial charge in [-0.2, -0.15) is 5.10 Å². The molecule has 2 aromatic rings. The number of nitrogens with one attached hydrogen (secondary N) is 1. The minimum atomic E-state index is -0.336. The molecule has 2 rings (SSSR count). The summed E-state index contributed by atoms with van der Waals surface area (Å²) in [6, 6.07) is 10.1. The van der Waals surface area contributed by atoms with Crippen LogP contribution in [0.1, 0.15) is 22.8 Å². The fourth-order valence-corrected chi connectivity index (χ4v) is 2.41. The Balaban J connectivity index is 2.10. The van der Waals surface area contributed by atoms with E-state index in [9.17, 15) is 9.90 Å². The number of phenolic OH excluding ortho intramolecular Hbond substituents is 1. The van der Waals surface area contributed by atoms with E-state index in [1.165, 1.54) is 12.3 Å². The van der Waals surface area contributed by atoms with Gasteiger partial charge in [0.1, 0.15) is 0 Å². The second-order valence-corrected chi connectivity index (χ2v) is 5.81. The highest BCUT2D eigenvalue weighted by molar-refractivity contribution is 9.10. The molecular formula is C16H14BrClN2O3. The van der Waals surface area contributed by atoms with Crippen LogP contribution < -0.4 is 10.2 Å². The summed E-state index contributed by atoms with van der Waals surface area (Å²) < 4.78 is 6.09. The monoisotopic (exact) mass is 396 g/mol. The first-order valence-electron chi connectivity index (χ1n) is 6.75. The Labute approximate surface area is 147 Å². The molecule has 0 spiro atoms. The van der Waals surface area contributed by atoms with Crippen molar-refractivity contribution in [2.45, 2.75) is 6.92 Å². The zero-order valence-corrected chi connectivity index (χ0v) is 14.6. The number of halogens is 2. The average molecular weight is 398 g/mol. The lowest BCUT2D eigenvalue weighted by atomic mass is 10.2. The molecule has 120 valence electrons. The number of aromatic hydroxyl groups is 1. The molecule has 2 N–H and O–H groups in total. The van der Waals surface area contributed by atoms with Crippen molar-refractivity contribution >= 4 is 39.7 Å². The van der Waals surface area contributed by atoms with E-state index in [2.05, 4.69) is 26.5 Å². The van der Waals surface area contributed by atoms with Gasteiger partial charge in [-0.25, -0.2) is 5.43 Å².